The van der Waals surface area contributed by atoms with Crippen molar-refractivity contribution in [1.82, 2.24) is 9.29 Å². The summed E-state index contributed by atoms with van der Waals surface area (Å²) in [5, 5.41) is 3.63. The number of hydrogen-bond acceptors (Lipinski definition) is 6. The Morgan fingerprint density at radius 2 is 1.93 bits per heavy atom. The Balaban J connectivity index is 1.55. The molecule has 0 unspecified atom stereocenters. The van der Waals surface area contributed by atoms with Crippen LogP contribution >= 0.6 is 22.9 Å². The van der Waals surface area contributed by atoms with Gasteiger partial charge in [0.2, 0.25) is 10.0 Å². The molecule has 0 bridgehead atoms. The summed E-state index contributed by atoms with van der Waals surface area (Å²) in [4.78, 5) is 17.1. The van der Waals surface area contributed by atoms with Gasteiger partial charge in [0, 0.05) is 18.7 Å². The van der Waals surface area contributed by atoms with Crippen LogP contribution in [-0.4, -0.2) is 43.8 Å². The van der Waals surface area contributed by atoms with Crippen LogP contribution in [0, 0.1) is 0 Å². The molecule has 1 aliphatic carbocycles. The van der Waals surface area contributed by atoms with Gasteiger partial charge in [-0.1, -0.05) is 22.9 Å². The minimum atomic E-state index is -3.54. The van der Waals surface area contributed by atoms with Gasteiger partial charge in [-0.3, -0.25) is 10.1 Å². The Morgan fingerprint density at radius 1 is 1.24 bits per heavy atom. The second-order valence-corrected chi connectivity index (χ2v) is 10.1. The number of fused-ring (bicyclic) bond motifs is 1. The fourth-order valence-electron chi connectivity index (χ4n) is 2.92. The Labute approximate surface area is 177 Å². The highest BCUT2D eigenvalue weighted by atomic mass is 35.5. The maximum atomic E-state index is 12.6. The van der Waals surface area contributed by atoms with Crippen molar-refractivity contribution >= 4 is 54.2 Å². The number of amides is 1. The zero-order valence-corrected chi connectivity index (χ0v) is 18.1. The Kier molecular flexibility index (Phi) is 5.24. The molecule has 10 heteroatoms. The van der Waals surface area contributed by atoms with Gasteiger partial charge in [0.25, 0.3) is 5.91 Å². The van der Waals surface area contributed by atoms with Gasteiger partial charge in [-0.25, -0.2) is 13.4 Å². The van der Waals surface area contributed by atoms with Gasteiger partial charge in [0.1, 0.15) is 11.3 Å². The molecule has 0 aliphatic heterocycles. The lowest BCUT2D eigenvalue weighted by Crippen LogP contribution is -2.29. The van der Waals surface area contributed by atoms with E-state index in [0.717, 1.165) is 12.8 Å². The predicted molar refractivity (Wildman–Crippen MR) is 114 cm³/mol. The summed E-state index contributed by atoms with van der Waals surface area (Å²) in [6.45, 7) is 0. The molecule has 1 heterocycles. The van der Waals surface area contributed by atoms with Crippen LogP contribution in [0.2, 0.25) is 5.02 Å². The van der Waals surface area contributed by atoms with E-state index in [9.17, 15) is 13.2 Å². The summed E-state index contributed by atoms with van der Waals surface area (Å²) in [6, 6.07) is 9.37. The van der Waals surface area contributed by atoms with Gasteiger partial charge in [0.15, 0.2) is 5.13 Å². The van der Waals surface area contributed by atoms with Crippen molar-refractivity contribution in [2.24, 2.45) is 0 Å². The zero-order chi connectivity index (χ0) is 20.8. The van der Waals surface area contributed by atoms with Crippen molar-refractivity contribution in [1.29, 1.82) is 0 Å². The maximum Gasteiger partial charge on any atom is 0.257 e. The van der Waals surface area contributed by atoms with E-state index in [-0.39, 0.29) is 10.9 Å². The number of ether oxygens (including phenoxy) is 1. The Bertz CT molecular complexity index is 1190. The standard InChI is InChI=1S/C19H18ClN3O4S2/c1-23(12-5-6-12)29(25,26)13-7-3-11(4-8-13)18(24)22-19-21-16-15(27-2)10-9-14(20)17(16)28-19/h3-4,7-10,12H,5-6H2,1-2H3,(H,21,22,24). The number of anilines is 1. The number of thiazole rings is 1. The van der Waals surface area contributed by atoms with Crippen molar-refractivity contribution < 1.29 is 17.9 Å². The molecule has 1 N–H and O–H groups in total. The first-order valence-corrected chi connectivity index (χ1v) is 11.5. The minimum absolute atomic E-state index is 0.0748. The summed E-state index contributed by atoms with van der Waals surface area (Å²) in [5.74, 6) is 0.175. The number of benzene rings is 2. The SMILES string of the molecule is COc1ccc(Cl)c2sc(NC(=O)c3ccc(S(=O)(=O)N(C)C4CC4)cc3)nc12. The van der Waals surface area contributed by atoms with Gasteiger partial charge >= 0.3 is 0 Å². The lowest BCUT2D eigenvalue weighted by molar-refractivity contribution is 0.102. The summed E-state index contributed by atoms with van der Waals surface area (Å²) < 4.78 is 32.5. The van der Waals surface area contributed by atoms with Crippen LogP contribution in [0.4, 0.5) is 5.13 Å². The summed E-state index contributed by atoms with van der Waals surface area (Å²) >= 11 is 7.45. The molecule has 1 aromatic heterocycles. The highest BCUT2D eigenvalue weighted by Gasteiger charge is 2.35. The largest absolute Gasteiger partial charge is 0.494 e. The second-order valence-electron chi connectivity index (χ2n) is 6.68. The van der Waals surface area contributed by atoms with E-state index in [1.54, 1.807) is 19.2 Å². The van der Waals surface area contributed by atoms with Crippen molar-refractivity contribution in [2.75, 3.05) is 19.5 Å². The zero-order valence-electron chi connectivity index (χ0n) is 15.7. The van der Waals surface area contributed by atoms with Crippen LogP contribution in [0.3, 0.4) is 0 Å². The number of methoxy groups -OCH3 is 1. The van der Waals surface area contributed by atoms with Crippen molar-refractivity contribution in [3.63, 3.8) is 0 Å². The molecular formula is C19H18ClN3O4S2. The van der Waals surface area contributed by atoms with E-state index >= 15 is 0 Å². The minimum Gasteiger partial charge on any atom is -0.494 e. The van der Waals surface area contributed by atoms with E-state index in [0.29, 0.717) is 31.7 Å². The first kappa shape index (κ1) is 20.1. The first-order chi connectivity index (χ1) is 13.8. The third-order valence-corrected chi connectivity index (χ3v) is 8.11. The quantitative estimate of drug-likeness (QED) is 0.612. The monoisotopic (exact) mass is 451 g/mol. The fraction of sp³-hybridized carbons (Fsp3) is 0.263. The molecule has 0 atom stereocenters. The van der Waals surface area contributed by atoms with Gasteiger partial charge < -0.3 is 4.74 Å². The molecule has 29 heavy (non-hydrogen) atoms. The molecule has 4 rings (SSSR count). The average Bonchev–Trinajstić information content (AvgIpc) is 3.47. The number of aromatic nitrogens is 1. The highest BCUT2D eigenvalue weighted by Crippen LogP contribution is 2.37. The van der Waals surface area contributed by atoms with Crippen molar-refractivity contribution in [3.05, 3.63) is 47.0 Å². The van der Waals surface area contributed by atoms with E-state index in [1.165, 1.54) is 47.0 Å². The van der Waals surface area contributed by atoms with Crippen molar-refractivity contribution in [3.8, 4) is 5.75 Å². The van der Waals surface area contributed by atoms with E-state index in [4.69, 9.17) is 16.3 Å². The van der Waals surface area contributed by atoms with Crippen LogP contribution in [0.5, 0.6) is 5.75 Å². The summed E-state index contributed by atoms with van der Waals surface area (Å²) in [5.41, 5.74) is 0.903. The number of carbonyl (C=O) groups is 1. The van der Waals surface area contributed by atoms with Gasteiger partial charge in [-0.2, -0.15) is 4.31 Å². The van der Waals surface area contributed by atoms with Crippen LogP contribution in [0.1, 0.15) is 23.2 Å². The fourth-order valence-corrected chi connectivity index (χ4v) is 5.49. The number of nitrogens with one attached hydrogen (secondary N) is 1. The Hall–Kier alpha value is -2.20. The molecule has 1 aliphatic rings. The number of sulfonamides is 1. The topological polar surface area (TPSA) is 88.6 Å². The second kappa shape index (κ2) is 7.56. The van der Waals surface area contributed by atoms with E-state index < -0.39 is 15.9 Å². The Morgan fingerprint density at radius 3 is 2.55 bits per heavy atom. The molecule has 7 nitrogen and oxygen atoms in total. The highest BCUT2D eigenvalue weighted by molar-refractivity contribution is 7.89. The predicted octanol–water partition coefficient (Wildman–Crippen LogP) is 3.99. The lowest BCUT2D eigenvalue weighted by Gasteiger charge is -2.16. The lowest BCUT2D eigenvalue weighted by atomic mass is 10.2. The molecule has 0 saturated heterocycles. The number of carbonyl (C=O) groups excluding carboxylic acids is 1. The first-order valence-electron chi connectivity index (χ1n) is 8.83. The van der Waals surface area contributed by atoms with Gasteiger partial charge in [-0.15, -0.1) is 0 Å². The van der Waals surface area contributed by atoms with Crippen LogP contribution in [0.25, 0.3) is 10.2 Å². The summed E-state index contributed by atoms with van der Waals surface area (Å²) in [6.07, 6.45) is 1.76. The van der Waals surface area contributed by atoms with E-state index in [2.05, 4.69) is 10.3 Å². The van der Waals surface area contributed by atoms with Gasteiger partial charge in [0.05, 0.1) is 21.7 Å². The smallest absolute Gasteiger partial charge is 0.257 e. The van der Waals surface area contributed by atoms with E-state index in [1.807, 2.05) is 0 Å². The molecule has 0 spiro atoms. The molecular weight excluding hydrogens is 434 g/mol. The maximum absolute atomic E-state index is 12.6. The molecule has 1 fully saturated rings. The number of nitrogens with zero attached hydrogens (tertiary/aromatic N) is 2. The number of hydrogen-bond donors (Lipinski definition) is 1. The molecule has 1 amide bonds. The normalized spacial score (nSPS) is 14.3. The molecule has 1 saturated carbocycles. The molecule has 2 aromatic carbocycles. The third-order valence-electron chi connectivity index (χ3n) is 4.75. The molecule has 0 radical (unpaired) electrons. The molecule has 3 aromatic rings. The third kappa shape index (κ3) is 3.83. The number of halogens is 1. The van der Waals surface area contributed by atoms with Crippen LogP contribution in [0.15, 0.2) is 41.3 Å². The van der Waals surface area contributed by atoms with Crippen LogP contribution in [-0.2, 0) is 10.0 Å². The van der Waals surface area contributed by atoms with Gasteiger partial charge in [-0.05, 0) is 49.2 Å². The van der Waals surface area contributed by atoms with Crippen LogP contribution < -0.4 is 10.1 Å². The average molecular weight is 452 g/mol. The molecule has 152 valence electrons. The van der Waals surface area contributed by atoms with Crippen molar-refractivity contribution in [2.45, 2.75) is 23.8 Å². The summed E-state index contributed by atoms with van der Waals surface area (Å²) in [7, 11) is -0.422. The number of rotatable bonds is 6.